The van der Waals surface area contributed by atoms with Crippen LogP contribution in [0.25, 0.3) is 17.4 Å². The number of para-hydroxylation sites is 1. The lowest BCUT2D eigenvalue weighted by molar-refractivity contribution is -0.122. The smallest absolute Gasteiger partial charge is 0.335 e. The van der Waals surface area contributed by atoms with Gasteiger partial charge >= 0.3 is 5.97 Å². The highest BCUT2D eigenvalue weighted by molar-refractivity contribution is 7.80. The summed E-state index contributed by atoms with van der Waals surface area (Å²) in [6.07, 6.45) is 1.23. The molecule has 0 saturated carbocycles. The van der Waals surface area contributed by atoms with E-state index in [1.807, 2.05) is 0 Å². The third kappa shape index (κ3) is 3.69. The Balaban J connectivity index is 1.71. The number of amides is 2. The van der Waals surface area contributed by atoms with Gasteiger partial charge in [0.15, 0.2) is 5.11 Å². The molecule has 3 aromatic rings. The lowest BCUT2D eigenvalue weighted by atomic mass is 10.0. The van der Waals surface area contributed by atoms with Crippen molar-refractivity contribution < 1.29 is 28.3 Å². The van der Waals surface area contributed by atoms with Crippen LogP contribution in [-0.4, -0.2) is 28.0 Å². The zero-order valence-corrected chi connectivity index (χ0v) is 17.4. The number of hydrogen-bond donors (Lipinski definition) is 2. The number of carbonyl (C=O) groups is 3. The minimum Gasteiger partial charge on any atom is -0.478 e. The molecule has 2 heterocycles. The average Bonchev–Trinajstić information content (AvgIpc) is 3.20. The molecule has 2 aromatic carbocycles. The first kappa shape index (κ1) is 21.1. The standard InChI is InChI=1S/C23H15FN2O5S/c1-12-14(5-4-6-15(12)22(29)30)19-10-9-13(31-19)11-16-20(27)25-23(32)26(21(16)28)18-8-3-2-7-17(18)24/h2-11H,1H3,(H,29,30)(H,25,27,32)/b16-11+. The lowest BCUT2D eigenvalue weighted by Crippen LogP contribution is -2.54. The van der Waals surface area contributed by atoms with Gasteiger partial charge in [0.1, 0.15) is 22.9 Å². The lowest BCUT2D eigenvalue weighted by Gasteiger charge is -2.28. The Hall–Kier alpha value is -4.11. The third-order valence-electron chi connectivity index (χ3n) is 4.94. The van der Waals surface area contributed by atoms with Gasteiger partial charge in [-0.3, -0.25) is 14.9 Å². The fourth-order valence-electron chi connectivity index (χ4n) is 3.36. The quantitative estimate of drug-likeness (QED) is 0.355. The average molecular weight is 450 g/mol. The van der Waals surface area contributed by atoms with Gasteiger partial charge in [-0.1, -0.05) is 24.3 Å². The van der Waals surface area contributed by atoms with Gasteiger partial charge in [0.05, 0.1) is 11.3 Å². The molecule has 1 aliphatic heterocycles. The van der Waals surface area contributed by atoms with Crippen molar-refractivity contribution in [2.24, 2.45) is 0 Å². The second kappa shape index (κ2) is 8.20. The summed E-state index contributed by atoms with van der Waals surface area (Å²) in [5, 5.41) is 11.5. The summed E-state index contributed by atoms with van der Waals surface area (Å²) < 4.78 is 20.0. The number of hydrogen-bond acceptors (Lipinski definition) is 5. The fourth-order valence-corrected chi connectivity index (χ4v) is 3.63. The van der Waals surface area contributed by atoms with Gasteiger partial charge in [-0.25, -0.2) is 14.1 Å². The van der Waals surface area contributed by atoms with E-state index < -0.39 is 23.6 Å². The number of nitrogens with one attached hydrogen (secondary N) is 1. The number of carboxylic acid groups (broad SMARTS) is 1. The number of carbonyl (C=O) groups excluding carboxylic acids is 2. The van der Waals surface area contributed by atoms with E-state index in [-0.39, 0.29) is 27.7 Å². The van der Waals surface area contributed by atoms with Crippen molar-refractivity contribution in [1.29, 1.82) is 0 Å². The second-order valence-electron chi connectivity index (χ2n) is 6.89. The number of aromatic carboxylic acids is 1. The Bertz CT molecular complexity index is 1330. The van der Waals surface area contributed by atoms with Crippen LogP contribution in [-0.2, 0) is 9.59 Å². The van der Waals surface area contributed by atoms with Crippen LogP contribution in [0.15, 0.2) is 64.6 Å². The minimum atomic E-state index is -1.06. The van der Waals surface area contributed by atoms with Gasteiger partial charge in [0, 0.05) is 5.56 Å². The molecule has 9 heteroatoms. The maximum Gasteiger partial charge on any atom is 0.335 e. The highest BCUT2D eigenvalue weighted by atomic mass is 32.1. The van der Waals surface area contributed by atoms with E-state index in [0.29, 0.717) is 16.9 Å². The maximum absolute atomic E-state index is 14.2. The van der Waals surface area contributed by atoms with Crippen LogP contribution >= 0.6 is 12.2 Å². The van der Waals surface area contributed by atoms with Gasteiger partial charge in [0.2, 0.25) is 0 Å². The number of halogens is 1. The number of carboxylic acids is 1. The van der Waals surface area contributed by atoms with Crippen LogP contribution in [0, 0.1) is 12.7 Å². The van der Waals surface area contributed by atoms with Crippen LogP contribution in [0.1, 0.15) is 21.7 Å². The van der Waals surface area contributed by atoms with Crippen molar-refractivity contribution >= 4 is 46.9 Å². The zero-order valence-electron chi connectivity index (χ0n) is 16.6. The van der Waals surface area contributed by atoms with E-state index in [2.05, 4.69) is 5.32 Å². The van der Waals surface area contributed by atoms with Crippen molar-refractivity contribution in [3.05, 3.63) is 82.9 Å². The SMILES string of the molecule is Cc1c(C(=O)O)cccc1-c1ccc(/C=C2\C(=O)NC(=S)N(c3ccccc3F)C2=O)o1. The van der Waals surface area contributed by atoms with E-state index in [1.165, 1.54) is 36.4 Å². The van der Waals surface area contributed by atoms with Crippen LogP contribution in [0.4, 0.5) is 10.1 Å². The van der Waals surface area contributed by atoms with Gasteiger partial charge in [0.25, 0.3) is 11.8 Å². The van der Waals surface area contributed by atoms with E-state index in [0.717, 1.165) is 4.90 Å². The third-order valence-corrected chi connectivity index (χ3v) is 5.22. The summed E-state index contributed by atoms with van der Waals surface area (Å²) in [6, 6.07) is 13.5. The van der Waals surface area contributed by atoms with Crippen LogP contribution in [0.2, 0.25) is 0 Å². The molecule has 0 bridgehead atoms. The molecule has 0 atom stereocenters. The summed E-state index contributed by atoms with van der Waals surface area (Å²) in [5.74, 6) is -2.73. The molecule has 2 amide bonds. The van der Waals surface area contributed by atoms with Crippen molar-refractivity contribution in [1.82, 2.24) is 5.32 Å². The first-order valence-electron chi connectivity index (χ1n) is 9.37. The molecule has 32 heavy (non-hydrogen) atoms. The van der Waals surface area contributed by atoms with E-state index in [1.54, 1.807) is 31.2 Å². The zero-order chi connectivity index (χ0) is 23.0. The molecule has 1 aromatic heterocycles. The van der Waals surface area contributed by atoms with E-state index in [9.17, 15) is 23.9 Å². The molecule has 0 spiro atoms. The van der Waals surface area contributed by atoms with Gasteiger partial charge < -0.3 is 9.52 Å². The summed E-state index contributed by atoms with van der Waals surface area (Å²) in [4.78, 5) is 37.7. The Morgan fingerprint density at radius 2 is 1.88 bits per heavy atom. The number of benzene rings is 2. The van der Waals surface area contributed by atoms with E-state index >= 15 is 0 Å². The maximum atomic E-state index is 14.2. The number of nitrogens with zero attached hydrogens (tertiary/aromatic N) is 1. The minimum absolute atomic E-state index is 0.0883. The number of rotatable bonds is 4. The van der Waals surface area contributed by atoms with Crippen molar-refractivity contribution in [2.75, 3.05) is 4.90 Å². The highest BCUT2D eigenvalue weighted by Crippen LogP contribution is 2.29. The van der Waals surface area contributed by atoms with Crippen molar-refractivity contribution in [2.45, 2.75) is 6.92 Å². The van der Waals surface area contributed by atoms with Crippen LogP contribution in [0.5, 0.6) is 0 Å². The Kier molecular flexibility index (Phi) is 5.41. The molecule has 1 aliphatic rings. The molecule has 7 nitrogen and oxygen atoms in total. The molecule has 2 N–H and O–H groups in total. The Labute approximate surface area is 186 Å². The van der Waals surface area contributed by atoms with Crippen molar-refractivity contribution in [3.63, 3.8) is 0 Å². The molecule has 0 unspecified atom stereocenters. The molecular weight excluding hydrogens is 435 g/mol. The Morgan fingerprint density at radius 3 is 2.59 bits per heavy atom. The summed E-state index contributed by atoms with van der Waals surface area (Å²) >= 11 is 5.06. The number of anilines is 1. The predicted molar refractivity (Wildman–Crippen MR) is 118 cm³/mol. The molecule has 0 radical (unpaired) electrons. The van der Waals surface area contributed by atoms with Gasteiger partial charge in [-0.2, -0.15) is 0 Å². The topological polar surface area (TPSA) is 99.8 Å². The highest BCUT2D eigenvalue weighted by Gasteiger charge is 2.35. The summed E-state index contributed by atoms with van der Waals surface area (Å²) in [5.41, 5.74) is 0.822. The largest absolute Gasteiger partial charge is 0.478 e. The molecule has 160 valence electrons. The van der Waals surface area contributed by atoms with Gasteiger partial charge in [-0.15, -0.1) is 0 Å². The first-order valence-corrected chi connectivity index (χ1v) is 9.78. The number of thiocarbonyl (C=S) groups is 1. The first-order chi connectivity index (χ1) is 15.3. The van der Waals surface area contributed by atoms with E-state index in [4.69, 9.17) is 16.6 Å². The van der Waals surface area contributed by atoms with Gasteiger partial charge in [-0.05, 0) is 61.1 Å². The second-order valence-corrected chi connectivity index (χ2v) is 7.28. The normalized spacial score (nSPS) is 15.2. The predicted octanol–water partition coefficient (Wildman–Crippen LogP) is 3.92. The van der Waals surface area contributed by atoms with Crippen LogP contribution in [0.3, 0.4) is 0 Å². The fraction of sp³-hybridized carbons (Fsp3) is 0.0435. The Morgan fingerprint density at radius 1 is 1.12 bits per heavy atom. The van der Waals surface area contributed by atoms with Crippen molar-refractivity contribution in [3.8, 4) is 11.3 Å². The molecule has 1 fully saturated rings. The monoisotopic (exact) mass is 450 g/mol. The molecule has 1 saturated heterocycles. The summed E-state index contributed by atoms with van der Waals surface area (Å²) in [6.45, 7) is 1.66. The molecule has 4 rings (SSSR count). The van der Waals surface area contributed by atoms with Crippen LogP contribution < -0.4 is 10.2 Å². The molecular formula is C23H15FN2O5S. The summed E-state index contributed by atoms with van der Waals surface area (Å²) in [7, 11) is 0. The molecule has 0 aliphatic carbocycles. The number of furan rings is 1.